The Morgan fingerprint density at radius 3 is 1.56 bits per heavy atom. The van der Waals surface area contributed by atoms with Gasteiger partial charge in [-0.25, -0.2) is 29.9 Å². The zero-order valence-electron chi connectivity index (χ0n) is 40.2. The summed E-state index contributed by atoms with van der Waals surface area (Å²) in [6.07, 6.45) is 11.1. The first kappa shape index (κ1) is 52.2. The Labute approximate surface area is 434 Å². The second kappa shape index (κ2) is 23.2. The van der Waals surface area contributed by atoms with Gasteiger partial charge in [-0.1, -0.05) is 115 Å². The molecule has 392 valence electrons. The molecule has 0 spiro atoms. The van der Waals surface area contributed by atoms with Crippen molar-refractivity contribution < 1.29 is 45.4 Å². The number of fused-ring (bicyclic) bond motifs is 4. The molecule has 6 heterocycles. The van der Waals surface area contributed by atoms with E-state index >= 15 is 0 Å². The van der Waals surface area contributed by atoms with Crippen LogP contribution in [0.5, 0.6) is 11.5 Å². The van der Waals surface area contributed by atoms with Crippen LogP contribution < -0.4 is 40.7 Å². The summed E-state index contributed by atoms with van der Waals surface area (Å²) in [5.41, 5.74) is -0.918. The number of alkyl halides is 3. The Kier molecular flexibility index (Phi) is 15.7. The molecule has 1 atom stereocenters. The molecule has 10 aromatic rings. The lowest BCUT2D eigenvalue weighted by atomic mass is 9.87. The van der Waals surface area contributed by atoms with Crippen molar-refractivity contribution in [1.82, 2.24) is 44.1 Å². The number of aromatic hydroxyl groups is 1. The lowest BCUT2D eigenvalue weighted by molar-refractivity contribution is -0.0499. The number of nitrogens with zero attached hydrogens (tertiary/aromatic N) is 9. The second-order valence-corrected chi connectivity index (χ2v) is 18.4. The standard InChI is InChI=1S/C24H22N4O2.C15H10F3N3O5S.C14H11N3O3/c29-23-13-22(27-21-12-6-10-18-9-4-5-11-19(18)21)20-14-25-16-26-24(20)28(23)30-15-17-7-2-1-3-8-17;16-15(17,18)27(23,24)26-12-6-13(22)21(14-11(12)7-19-9-20-14)25-8-10-4-2-1-3-5-10;18-12-6-13(19)17(14-11(12)7-15-9-16-14)20-8-10-4-2-1-3-5-10/h1-5,7-9,11,13-14,16,21,27H,6,10,12,15H2;1-7,9H,8H2;1-7,9,18H,8H2. The highest BCUT2D eigenvalue weighted by Gasteiger charge is 2.49. The molecule has 6 aromatic heterocycles. The number of benzene rings is 4. The van der Waals surface area contributed by atoms with Crippen LogP contribution in [-0.4, -0.2) is 63.1 Å². The highest BCUT2D eigenvalue weighted by molar-refractivity contribution is 7.88. The van der Waals surface area contributed by atoms with Crippen molar-refractivity contribution in [2.75, 3.05) is 5.32 Å². The Morgan fingerprint density at radius 2 is 1.03 bits per heavy atom. The minimum absolute atomic E-state index is 0.0408. The van der Waals surface area contributed by atoms with Crippen molar-refractivity contribution in [2.45, 2.75) is 50.6 Å². The third-order valence-electron chi connectivity index (χ3n) is 11.7. The molecule has 0 fully saturated rings. The van der Waals surface area contributed by atoms with Crippen molar-refractivity contribution in [3.8, 4) is 11.5 Å². The van der Waals surface area contributed by atoms with Gasteiger partial charge in [-0.15, -0.1) is 14.2 Å². The van der Waals surface area contributed by atoms with Crippen LogP contribution in [0.25, 0.3) is 33.1 Å². The van der Waals surface area contributed by atoms with Gasteiger partial charge in [0.15, 0.2) is 22.7 Å². The average Bonchev–Trinajstić information content (AvgIpc) is 3.47. The van der Waals surface area contributed by atoms with Crippen LogP contribution >= 0.6 is 0 Å². The van der Waals surface area contributed by atoms with Gasteiger partial charge in [-0.3, -0.25) is 14.4 Å². The van der Waals surface area contributed by atoms with Crippen molar-refractivity contribution in [1.29, 1.82) is 0 Å². The Balaban J connectivity index is 0.000000144. The molecule has 11 rings (SSSR count). The summed E-state index contributed by atoms with van der Waals surface area (Å²) in [6.45, 7) is 0.466. The minimum atomic E-state index is -5.97. The molecule has 20 nitrogen and oxygen atoms in total. The molecular formula is C53H43F3N10O10S. The lowest BCUT2D eigenvalue weighted by Crippen LogP contribution is -2.31. The van der Waals surface area contributed by atoms with Gasteiger partial charge in [0.1, 0.15) is 44.6 Å². The maximum Gasteiger partial charge on any atom is 0.534 e. The van der Waals surface area contributed by atoms with Crippen LogP contribution in [0, 0.1) is 0 Å². The molecule has 0 saturated heterocycles. The van der Waals surface area contributed by atoms with E-state index in [2.05, 4.69) is 63.7 Å². The number of halogens is 3. The predicted molar refractivity (Wildman–Crippen MR) is 275 cm³/mol. The fourth-order valence-corrected chi connectivity index (χ4v) is 8.50. The molecule has 1 unspecified atom stereocenters. The lowest BCUT2D eigenvalue weighted by Gasteiger charge is -2.27. The Hall–Kier alpha value is -9.71. The highest BCUT2D eigenvalue weighted by Crippen LogP contribution is 2.34. The van der Waals surface area contributed by atoms with E-state index in [4.69, 9.17) is 14.5 Å². The number of rotatable bonds is 13. The molecule has 0 radical (unpaired) electrons. The Morgan fingerprint density at radius 1 is 0.584 bits per heavy atom. The molecule has 0 amide bonds. The van der Waals surface area contributed by atoms with E-state index in [1.54, 1.807) is 42.6 Å². The molecule has 1 aliphatic carbocycles. The van der Waals surface area contributed by atoms with Gasteiger partial charge in [0.2, 0.25) is 0 Å². The smallest absolute Gasteiger partial charge is 0.507 e. The number of aryl methyl sites for hydroxylation is 1. The first-order valence-electron chi connectivity index (χ1n) is 23.4. The molecule has 24 heteroatoms. The SMILES string of the molecule is O=c1cc(NC2CCCc3ccccc32)c2cncnc2n1OCc1ccccc1.O=c1cc(O)c2cncnc2n1OCc1ccccc1.O=c1cc(OS(=O)(=O)C(F)(F)F)c2cncnc2n1OCc1ccccc1. The van der Waals surface area contributed by atoms with Crippen LogP contribution in [0.2, 0.25) is 0 Å². The molecular weight excluding hydrogens is 1030 g/mol. The predicted octanol–water partition coefficient (Wildman–Crippen LogP) is 6.68. The number of hydrogen-bond donors (Lipinski definition) is 2. The van der Waals surface area contributed by atoms with E-state index in [1.165, 1.54) is 34.7 Å². The fourth-order valence-electron chi connectivity index (χ4n) is 8.03. The van der Waals surface area contributed by atoms with Gasteiger partial charge >= 0.3 is 15.6 Å². The molecule has 0 bridgehead atoms. The quantitative estimate of drug-likeness (QED) is 0.0902. The summed E-state index contributed by atoms with van der Waals surface area (Å²) >= 11 is 0. The van der Waals surface area contributed by atoms with E-state index in [0.717, 1.165) is 69.5 Å². The normalized spacial score (nSPS) is 13.1. The number of hydrogen-bond acceptors (Lipinski definition) is 17. The van der Waals surface area contributed by atoms with Crippen molar-refractivity contribution in [3.63, 3.8) is 0 Å². The van der Waals surface area contributed by atoms with E-state index < -0.39 is 32.5 Å². The van der Waals surface area contributed by atoms with Crippen molar-refractivity contribution in [3.05, 3.63) is 230 Å². The number of nitrogens with one attached hydrogen (secondary N) is 1. The summed E-state index contributed by atoms with van der Waals surface area (Å²) < 4.78 is 67.3. The summed E-state index contributed by atoms with van der Waals surface area (Å²) in [6, 6.07) is 39.8. The molecule has 77 heavy (non-hydrogen) atoms. The molecule has 1 aliphatic rings. The van der Waals surface area contributed by atoms with Crippen LogP contribution in [-0.2, 0) is 36.4 Å². The van der Waals surface area contributed by atoms with E-state index in [9.17, 15) is 41.1 Å². The van der Waals surface area contributed by atoms with Crippen LogP contribution in [0.3, 0.4) is 0 Å². The number of pyridine rings is 3. The topological polar surface area (TPSA) is 247 Å². The first-order chi connectivity index (χ1) is 37.2. The molecule has 4 aromatic carbocycles. The van der Waals surface area contributed by atoms with Gasteiger partial charge in [0.05, 0.1) is 34.0 Å². The number of anilines is 1. The molecule has 0 saturated carbocycles. The monoisotopic (exact) mass is 1070 g/mol. The highest BCUT2D eigenvalue weighted by atomic mass is 32.2. The summed E-state index contributed by atoms with van der Waals surface area (Å²) in [5.74, 6) is -1.02. The zero-order valence-corrected chi connectivity index (χ0v) is 41.0. The van der Waals surface area contributed by atoms with Crippen LogP contribution in [0.15, 0.2) is 185 Å². The van der Waals surface area contributed by atoms with E-state index in [1.807, 2.05) is 60.7 Å². The van der Waals surface area contributed by atoms with Crippen molar-refractivity contribution >= 4 is 48.9 Å². The van der Waals surface area contributed by atoms with Gasteiger partial charge in [-0.2, -0.15) is 21.6 Å². The van der Waals surface area contributed by atoms with E-state index in [0.29, 0.717) is 22.7 Å². The second-order valence-electron chi connectivity index (χ2n) is 16.8. The van der Waals surface area contributed by atoms with Gasteiger partial charge in [-0.05, 0) is 47.1 Å². The van der Waals surface area contributed by atoms with E-state index in [-0.39, 0.29) is 53.9 Å². The third kappa shape index (κ3) is 12.3. The zero-order chi connectivity index (χ0) is 53.9. The summed E-state index contributed by atoms with van der Waals surface area (Å²) in [4.78, 5) is 77.4. The van der Waals surface area contributed by atoms with Gasteiger partial charge in [0, 0.05) is 30.7 Å². The third-order valence-corrected chi connectivity index (χ3v) is 12.6. The largest absolute Gasteiger partial charge is 0.534 e. The molecule has 2 N–H and O–H groups in total. The average molecular weight is 1070 g/mol. The molecule has 0 aliphatic heterocycles. The minimum Gasteiger partial charge on any atom is -0.507 e. The first-order valence-corrected chi connectivity index (χ1v) is 24.8. The van der Waals surface area contributed by atoms with Crippen molar-refractivity contribution in [2.24, 2.45) is 0 Å². The fraction of sp³-hybridized carbons (Fsp3) is 0.151. The maximum absolute atomic E-state index is 12.9. The maximum atomic E-state index is 12.9. The summed E-state index contributed by atoms with van der Waals surface area (Å²) in [5, 5.41) is 14.2. The van der Waals surface area contributed by atoms with Gasteiger partial charge < -0.3 is 29.1 Å². The van der Waals surface area contributed by atoms with Crippen LogP contribution in [0.4, 0.5) is 18.9 Å². The Bertz CT molecular complexity index is 3990. The summed E-state index contributed by atoms with van der Waals surface area (Å²) in [7, 11) is -5.97. The van der Waals surface area contributed by atoms with Crippen LogP contribution in [0.1, 0.15) is 46.7 Å². The number of aromatic nitrogens is 9. The van der Waals surface area contributed by atoms with Gasteiger partial charge in [0.25, 0.3) is 16.7 Å².